The number of hydrogen-bond donors (Lipinski definition) is 3. The van der Waals surface area contributed by atoms with Crippen molar-refractivity contribution in [3.05, 3.63) is 42.0 Å². The van der Waals surface area contributed by atoms with Crippen LogP contribution >= 0.6 is 0 Å². The molecule has 0 aromatic heterocycles. The first-order valence-electron chi connectivity index (χ1n) is 9.90. The zero-order valence-corrected chi connectivity index (χ0v) is 16.9. The molecule has 0 aliphatic carbocycles. The van der Waals surface area contributed by atoms with Gasteiger partial charge in [0.25, 0.3) is 0 Å². The number of benzene rings is 1. The van der Waals surface area contributed by atoms with Crippen molar-refractivity contribution in [1.29, 1.82) is 5.26 Å². The van der Waals surface area contributed by atoms with Gasteiger partial charge in [-0.3, -0.25) is 14.4 Å². The second-order valence-corrected chi connectivity index (χ2v) is 7.64. The maximum Gasteiger partial charge on any atom is 0.244 e. The highest BCUT2D eigenvalue weighted by atomic mass is 16.2. The molecular formula is C22H28N4O3. The van der Waals surface area contributed by atoms with E-state index in [0.29, 0.717) is 19.4 Å². The van der Waals surface area contributed by atoms with Gasteiger partial charge in [-0.2, -0.15) is 5.26 Å². The van der Waals surface area contributed by atoms with Crippen molar-refractivity contribution in [3.8, 4) is 6.07 Å². The molecule has 1 fully saturated rings. The van der Waals surface area contributed by atoms with E-state index >= 15 is 0 Å². The molecule has 1 saturated heterocycles. The van der Waals surface area contributed by atoms with E-state index in [9.17, 15) is 19.6 Å². The fourth-order valence-corrected chi connectivity index (χ4v) is 3.23. The van der Waals surface area contributed by atoms with Crippen molar-refractivity contribution in [2.45, 2.75) is 45.2 Å². The Morgan fingerprint density at radius 1 is 1.28 bits per heavy atom. The Balaban J connectivity index is 1.97. The minimum atomic E-state index is -0.775. The molecule has 0 radical (unpaired) electrons. The van der Waals surface area contributed by atoms with E-state index in [1.165, 1.54) is 6.08 Å². The summed E-state index contributed by atoms with van der Waals surface area (Å²) in [5.41, 5.74) is 0.881. The Kier molecular flexibility index (Phi) is 8.41. The summed E-state index contributed by atoms with van der Waals surface area (Å²) in [6, 6.07) is 9.91. The van der Waals surface area contributed by atoms with Crippen LogP contribution in [0.5, 0.6) is 0 Å². The number of carbonyl (C=O) groups is 3. The van der Waals surface area contributed by atoms with Gasteiger partial charge in [-0.05, 0) is 36.8 Å². The number of nitriles is 1. The zero-order valence-electron chi connectivity index (χ0n) is 16.9. The van der Waals surface area contributed by atoms with Crippen molar-refractivity contribution in [3.63, 3.8) is 0 Å². The van der Waals surface area contributed by atoms with Crippen LogP contribution < -0.4 is 16.0 Å². The molecule has 7 nitrogen and oxygen atoms in total. The summed E-state index contributed by atoms with van der Waals surface area (Å²) >= 11 is 0. The quantitative estimate of drug-likeness (QED) is 0.552. The van der Waals surface area contributed by atoms with Crippen molar-refractivity contribution in [2.75, 3.05) is 6.54 Å². The van der Waals surface area contributed by atoms with Crippen LogP contribution in [0, 0.1) is 23.2 Å². The maximum atomic E-state index is 12.7. The molecule has 3 amide bonds. The third-order valence-electron chi connectivity index (χ3n) is 4.72. The second kappa shape index (κ2) is 11.0. The van der Waals surface area contributed by atoms with E-state index in [4.69, 9.17) is 0 Å². The molecule has 1 aromatic carbocycles. The maximum absolute atomic E-state index is 12.7. The van der Waals surface area contributed by atoms with E-state index in [-0.39, 0.29) is 30.1 Å². The van der Waals surface area contributed by atoms with E-state index in [1.54, 1.807) is 6.08 Å². The first-order chi connectivity index (χ1) is 13.9. The van der Waals surface area contributed by atoms with Gasteiger partial charge < -0.3 is 16.0 Å². The third kappa shape index (κ3) is 7.41. The number of nitrogens with zero attached hydrogens (tertiary/aromatic N) is 1. The van der Waals surface area contributed by atoms with Crippen LogP contribution in [-0.4, -0.2) is 36.3 Å². The molecule has 0 bridgehead atoms. The van der Waals surface area contributed by atoms with Crippen LogP contribution in [0.1, 0.15) is 38.7 Å². The largest absolute Gasteiger partial charge is 0.356 e. The van der Waals surface area contributed by atoms with Crippen molar-refractivity contribution < 1.29 is 14.4 Å². The van der Waals surface area contributed by atoms with Gasteiger partial charge in [0.15, 0.2) is 0 Å². The Hall–Kier alpha value is -3.14. The van der Waals surface area contributed by atoms with Crippen LogP contribution in [0.4, 0.5) is 0 Å². The predicted molar refractivity (Wildman–Crippen MR) is 110 cm³/mol. The molecular weight excluding hydrogens is 368 g/mol. The van der Waals surface area contributed by atoms with E-state index in [0.717, 1.165) is 5.56 Å². The smallest absolute Gasteiger partial charge is 0.244 e. The van der Waals surface area contributed by atoms with Gasteiger partial charge in [0.1, 0.15) is 12.1 Å². The van der Waals surface area contributed by atoms with Crippen LogP contribution in [0.15, 0.2) is 36.4 Å². The van der Waals surface area contributed by atoms with Gasteiger partial charge >= 0.3 is 0 Å². The lowest BCUT2D eigenvalue weighted by Crippen LogP contribution is -2.50. The Morgan fingerprint density at radius 2 is 2.00 bits per heavy atom. The normalized spacial score (nSPS) is 18.1. The summed E-state index contributed by atoms with van der Waals surface area (Å²) in [5, 5.41) is 17.5. The lowest BCUT2D eigenvalue weighted by atomic mass is 9.98. The molecule has 1 heterocycles. The highest BCUT2D eigenvalue weighted by Gasteiger charge is 2.29. The molecule has 0 saturated carbocycles. The standard InChI is InChI=1S/C22H28N4O3/c1-15(2)12-19(26-20(27)9-8-16-6-4-3-5-7-16)22(29)25-18(14-23)13-17-10-11-24-21(17)28/h3-9,15,17-19H,10-13H2,1-2H3,(H,24,28)(H,25,29)(H,26,27)/b9-8+/t17-,18?,19-/m0/s1. The third-order valence-corrected chi connectivity index (χ3v) is 4.72. The summed E-state index contributed by atoms with van der Waals surface area (Å²) in [7, 11) is 0. The van der Waals surface area contributed by atoms with Crippen molar-refractivity contribution >= 4 is 23.8 Å². The van der Waals surface area contributed by atoms with Crippen LogP contribution in [-0.2, 0) is 14.4 Å². The Morgan fingerprint density at radius 3 is 2.59 bits per heavy atom. The fourth-order valence-electron chi connectivity index (χ4n) is 3.23. The van der Waals surface area contributed by atoms with Crippen LogP contribution in [0.25, 0.3) is 6.08 Å². The summed E-state index contributed by atoms with van der Waals surface area (Å²) < 4.78 is 0. The van der Waals surface area contributed by atoms with Crippen LogP contribution in [0.3, 0.4) is 0 Å². The summed E-state index contributed by atoms with van der Waals surface area (Å²) in [5.74, 6) is -0.974. The first-order valence-corrected chi connectivity index (χ1v) is 9.90. The van der Waals surface area contributed by atoms with E-state index < -0.39 is 18.0 Å². The zero-order chi connectivity index (χ0) is 21.2. The molecule has 154 valence electrons. The van der Waals surface area contributed by atoms with E-state index in [2.05, 4.69) is 16.0 Å². The van der Waals surface area contributed by atoms with Crippen LogP contribution in [0.2, 0.25) is 0 Å². The molecule has 3 atom stereocenters. The van der Waals surface area contributed by atoms with Gasteiger partial charge in [-0.1, -0.05) is 44.2 Å². The lowest BCUT2D eigenvalue weighted by Gasteiger charge is -2.22. The molecule has 3 N–H and O–H groups in total. The molecule has 1 unspecified atom stereocenters. The molecule has 29 heavy (non-hydrogen) atoms. The topological polar surface area (TPSA) is 111 Å². The lowest BCUT2D eigenvalue weighted by molar-refractivity contribution is -0.128. The molecule has 7 heteroatoms. The second-order valence-electron chi connectivity index (χ2n) is 7.64. The highest BCUT2D eigenvalue weighted by Crippen LogP contribution is 2.16. The van der Waals surface area contributed by atoms with Crippen molar-refractivity contribution in [2.24, 2.45) is 11.8 Å². The minimum absolute atomic E-state index is 0.0856. The Labute approximate surface area is 171 Å². The number of carbonyl (C=O) groups excluding carboxylic acids is 3. The van der Waals surface area contributed by atoms with Gasteiger partial charge in [0, 0.05) is 18.5 Å². The monoisotopic (exact) mass is 396 g/mol. The van der Waals surface area contributed by atoms with Gasteiger partial charge in [-0.25, -0.2) is 0 Å². The van der Waals surface area contributed by atoms with E-state index in [1.807, 2.05) is 50.2 Å². The van der Waals surface area contributed by atoms with Gasteiger partial charge in [-0.15, -0.1) is 0 Å². The highest BCUT2D eigenvalue weighted by molar-refractivity contribution is 5.95. The average Bonchev–Trinajstić information content (AvgIpc) is 3.10. The SMILES string of the molecule is CC(C)C[C@H](NC(=O)/C=C/c1ccccc1)C(=O)NC(C#N)C[C@@H]1CCNC1=O. The molecule has 1 aromatic rings. The number of amides is 3. The van der Waals surface area contributed by atoms with Crippen molar-refractivity contribution in [1.82, 2.24) is 16.0 Å². The summed E-state index contributed by atoms with van der Waals surface area (Å²) in [6.45, 7) is 4.50. The number of hydrogen-bond acceptors (Lipinski definition) is 4. The first kappa shape index (κ1) is 22.2. The molecule has 0 spiro atoms. The van der Waals surface area contributed by atoms with Gasteiger partial charge in [0.05, 0.1) is 6.07 Å². The Bertz CT molecular complexity index is 783. The summed E-state index contributed by atoms with van der Waals surface area (Å²) in [4.78, 5) is 36.7. The molecule has 1 aliphatic rings. The van der Waals surface area contributed by atoms with Gasteiger partial charge in [0.2, 0.25) is 17.7 Å². The number of nitrogens with one attached hydrogen (secondary N) is 3. The summed E-state index contributed by atoms with van der Waals surface area (Å²) in [6.07, 6.45) is 4.43. The number of rotatable bonds is 9. The average molecular weight is 396 g/mol. The molecule has 2 rings (SSSR count). The predicted octanol–water partition coefficient (Wildman–Crippen LogP) is 1.77. The molecule has 1 aliphatic heterocycles. The minimum Gasteiger partial charge on any atom is -0.356 e. The fraction of sp³-hybridized carbons (Fsp3) is 0.455.